The van der Waals surface area contributed by atoms with E-state index in [-0.39, 0.29) is 16.4 Å². The minimum absolute atomic E-state index is 0.0743. The molecule has 2 aromatic rings. The Labute approximate surface area is 162 Å². The van der Waals surface area contributed by atoms with Crippen molar-refractivity contribution in [3.8, 4) is 5.75 Å². The summed E-state index contributed by atoms with van der Waals surface area (Å²) < 4.78 is 45.2. The monoisotopic (exact) mass is 409 g/mol. The van der Waals surface area contributed by atoms with Crippen LogP contribution in [0.1, 0.15) is 0 Å². The summed E-state index contributed by atoms with van der Waals surface area (Å²) in [5.74, 6) is 0.252. The number of hydrogen-bond donors (Lipinski definition) is 0. The topological polar surface area (TPSA) is 93.0 Å². The van der Waals surface area contributed by atoms with E-state index in [1.54, 1.807) is 12.1 Å². The van der Waals surface area contributed by atoms with Crippen LogP contribution in [-0.2, 0) is 10.0 Å². The summed E-state index contributed by atoms with van der Waals surface area (Å²) in [6.45, 7) is 2.66. The van der Waals surface area contributed by atoms with Gasteiger partial charge in [0.05, 0.1) is 9.82 Å². The fraction of sp³-hybridized carbons (Fsp3) is 0.333. The zero-order valence-corrected chi connectivity index (χ0v) is 15.8. The number of benzene rings is 2. The molecule has 0 N–H and O–H groups in total. The van der Waals surface area contributed by atoms with Crippen molar-refractivity contribution in [3.05, 3.63) is 64.5 Å². The lowest BCUT2D eigenvalue weighted by atomic mass is 10.3. The third-order valence-corrected chi connectivity index (χ3v) is 6.38. The molecular formula is C18H20FN3O5S. The van der Waals surface area contributed by atoms with Gasteiger partial charge in [-0.05, 0) is 30.3 Å². The van der Waals surface area contributed by atoms with Crippen molar-refractivity contribution in [2.45, 2.75) is 4.90 Å². The highest BCUT2D eigenvalue weighted by Crippen LogP contribution is 2.22. The molecule has 1 aliphatic rings. The molecule has 0 unspecified atom stereocenters. The van der Waals surface area contributed by atoms with E-state index in [1.165, 1.54) is 34.6 Å². The number of halogens is 1. The van der Waals surface area contributed by atoms with Gasteiger partial charge in [0.15, 0.2) is 0 Å². The number of hydrogen-bond acceptors (Lipinski definition) is 6. The van der Waals surface area contributed by atoms with Crippen molar-refractivity contribution < 1.29 is 22.5 Å². The summed E-state index contributed by atoms with van der Waals surface area (Å²) in [5.41, 5.74) is -0.252. The molecule has 3 rings (SSSR count). The standard InChI is InChI=1S/C18H20FN3O5S/c19-15-4-6-17(7-5-15)27-13-12-20-8-10-21(11-9-20)28(25,26)18-3-1-2-16(14-18)22(23)24/h1-7,14H,8-13H2. The maximum Gasteiger partial charge on any atom is 0.270 e. The van der Waals surface area contributed by atoms with Gasteiger partial charge in [-0.25, -0.2) is 12.8 Å². The van der Waals surface area contributed by atoms with Gasteiger partial charge in [-0.15, -0.1) is 0 Å². The minimum Gasteiger partial charge on any atom is -0.492 e. The van der Waals surface area contributed by atoms with Crippen LogP contribution in [0.2, 0.25) is 0 Å². The molecule has 1 heterocycles. The van der Waals surface area contributed by atoms with Crippen LogP contribution in [0.25, 0.3) is 0 Å². The summed E-state index contributed by atoms with van der Waals surface area (Å²) in [6.07, 6.45) is 0. The highest BCUT2D eigenvalue weighted by Gasteiger charge is 2.29. The van der Waals surface area contributed by atoms with E-state index in [9.17, 15) is 22.9 Å². The molecule has 150 valence electrons. The second kappa shape index (κ2) is 8.63. The number of nitrogens with zero attached hydrogens (tertiary/aromatic N) is 3. The molecule has 0 spiro atoms. The SMILES string of the molecule is O=[N+]([O-])c1cccc(S(=O)(=O)N2CCN(CCOc3ccc(F)cc3)CC2)c1. The predicted octanol–water partition coefficient (Wildman–Crippen LogP) is 2.12. The lowest BCUT2D eigenvalue weighted by Crippen LogP contribution is -2.49. The van der Waals surface area contributed by atoms with Crippen LogP contribution < -0.4 is 4.74 Å². The smallest absolute Gasteiger partial charge is 0.270 e. The summed E-state index contributed by atoms with van der Waals surface area (Å²) in [7, 11) is -3.77. The first-order valence-corrected chi connectivity index (χ1v) is 10.2. The maximum atomic E-state index is 12.9. The Morgan fingerprint density at radius 2 is 1.75 bits per heavy atom. The number of nitro benzene ring substituents is 1. The molecule has 0 radical (unpaired) electrons. The fourth-order valence-electron chi connectivity index (χ4n) is 2.92. The molecule has 0 saturated carbocycles. The molecule has 1 fully saturated rings. The maximum absolute atomic E-state index is 12.9. The summed E-state index contributed by atoms with van der Waals surface area (Å²) >= 11 is 0. The van der Waals surface area contributed by atoms with Gasteiger partial charge in [0, 0.05) is 44.9 Å². The average molecular weight is 409 g/mol. The average Bonchev–Trinajstić information content (AvgIpc) is 2.70. The van der Waals surface area contributed by atoms with Crippen LogP contribution in [-0.4, -0.2) is 61.9 Å². The Morgan fingerprint density at radius 3 is 2.39 bits per heavy atom. The first kappa shape index (κ1) is 20.2. The first-order valence-electron chi connectivity index (χ1n) is 8.71. The van der Waals surface area contributed by atoms with Gasteiger partial charge < -0.3 is 4.74 Å². The van der Waals surface area contributed by atoms with Crippen LogP contribution >= 0.6 is 0 Å². The van der Waals surface area contributed by atoms with E-state index in [1.807, 2.05) is 0 Å². The van der Waals surface area contributed by atoms with E-state index in [4.69, 9.17) is 4.74 Å². The fourth-order valence-corrected chi connectivity index (χ4v) is 4.39. The van der Waals surface area contributed by atoms with Crippen LogP contribution in [0, 0.1) is 15.9 Å². The largest absolute Gasteiger partial charge is 0.492 e. The first-order chi connectivity index (χ1) is 13.4. The third-order valence-electron chi connectivity index (χ3n) is 4.49. The molecule has 0 aromatic heterocycles. The zero-order valence-electron chi connectivity index (χ0n) is 15.0. The highest BCUT2D eigenvalue weighted by atomic mass is 32.2. The Hall–Kier alpha value is -2.56. The van der Waals surface area contributed by atoms with E-state index in [0.29, 0.717) is 45.1 Å². The van der Waals surface area contributed by atoms with Crippen molar-refractivity contribution in [1.82, 2.24) is 9.21 Å². The molecule has 0 amide bonds. The molecular weight excluding hydrogens is 389 g/mol. The number of ether oxygens (including phenoxy) is 1. The Balaban J connectivity index is 1.52. The van der Waals surface area contributed by atoms with Gasteiger partial charge in [-0.2, -0.15) is 4.31 Å². The van der Waals surface area contributed by atoms with Crippen molar-refractivity contribution in [2.75, 3.05) is 39.3 Å². The van der Waals surface area contributed by atoms with E-state index >= 15 is 0 Å². The third kappa shape index (κ3) is 4.83. The van der Waals surface area contributed by atoms with Crippen molar-refractivity contribution >= 4 is 15.7 Å². The van der Waals surface area contributed by atoms with Crippen molar-refractivity contribution in [1.29, 1.82) is 0 Å². The molecule has 10 heteroatoms. The van der Waals surface area contributed by atoms with Crippen LogP contribution in [0.4, 0.5) is 10.1 Å². The second-order valence-corrected chi connectivity index (χ2v) is 8.24. The van der Waals surface area contributed by atoms with Crippen molar-refractivity contribution in [3.63, 3.8) is 0 Å². The molecule has 2 aromatic carbocycles. The lowest BCUT2D eigenvalue weighted by molar-refractivity contribution is -0.385. The predicted molar refractivity (Wildman–Crippen MR) is 100 cm³/mol. The summed E-state index contributed by atoms with van der Waals surface area (Å²) in [6, 6.07) is 10.8. The number of nitro groups is 1. The summed E-state index contributed by atoms with van der Waals surface area (Å²) in [4.78, 5) is 12.3. The quantitative estimate of drug-likeness (QED) is 0.514. The molecule has 1 saturated heterocycles. The van der Waals surface area contributed by atoms with Gasteiger partial charge in [-0.1, -0.05) is 6.07 Å². The Bertz CT molecular complexity index is 928. The number of rotatable bonds is 7. The normalized spacial score (nSPS) is 16.0. The van der Waals surface area contributed by atoms with E-state index in [2.05, 4.69) is 4.90 Å². The van der Waals surface area contributed by atoms with Gasteiger partial charge in [-0.3, -0.25) is 15.0 Å². The molecule has 1 aliphatic heterocycles. The van der Waals surface area contributed by atoms with E-state index in [0.717, 1.165) is 6.07 Å². The number of non-ortho nitro benzene ring substituents is 1. The molecule has 28 heavy (non-hydrogen) atoms. The van der Waals surface area contributed by atoms with Gasteiger partial charge in [0.1, 0.15) is 18.2 Å². The van der Waals surface area contributed by atoms with Crippen LogP contribution in [0.5, 0.6) is 5.75 Å². The number of piperazine rings is 1. The lowest BCUT2D eigenvalue weighted by Gasteiger charge is -2.33. The van der Waals surface area contributed by atoms with Gasteiger partial charge in [0.2, 0.25) is 10.0 Å². The zero-order chi connectivity index (χ0) is 20.1. The Morgan fingerprint density at radius 1 is 1.07 bits per heavy atom. The van der Waals surface area contributed by atoms with Crippen LogP contribution in [0.15, 0.2) is 53.4 Å². The van der Waals surface area contributed by atoms with Gasteiger partial charge in [0.25, 0.3) is 5.69 Å². The molecule has 0 aliphatic carbocycles. The van der Waals surface area contributed by atoms with Gasteiger partial charge >= 0.3 is 0 Å². The molecule has 0 atom stereocenters. The van der Waals surface area contributed by atoms with Crippen LogP contribution in [0.3, 0.4) is 0 Å². The molecule has 0 bridgehead atoms. The second-order valence-electron chi connectivity index (χ2n) is 6.30. The minimum atomic E-state index is -3.77. The number of sulfonamides is 1. The Kier molecular flexibility index (Phi) is 6.22. The van der Waals surface area contributed by atoms with Crippen molar-refractivity contribution in [2.24, 2.45) is 0 Å². The molecule has 8 nitrogen and oxygen atoms in total. The highest BCUT2D eigenvalue weighted by molar-refractivity contribution is 7.89. The van der Waals surface area contributed by atoms with E-state index < -0.39 is 14.9 Å². The summed E-state index contributed by atoms with van der Waals surface area (Å²) in [5, 5.41) is 10.9.